The van der Waals surface area contributed by atoms with Crippen LogP contribution in [0.4, 0.5) is 0 Å². The third kappa shape index (κ3) is 3.76. The van der Waals surface area contributed by atoms with Gasteiger partial charge in [0.1, 0.15) is 0 Å². The number of carbonyl (C=O) groups is 2. The van der Waals surface area contributed by atoms with E-state index in [9.17, 15) is 9.59 Å². The molecule has 0 spiro atoms. The molecular weight excluding hydrogens is 284 g/mol. The molecule has 2 rings (SSSR count). The smallest absolute Gasteiger partial charge is 0.165 e. The van der Waals surface area contributed by atoms with Crippen molar-refractivity contribution >= 4 is 11.6 Å². The Labute approximate surface area is 138 Å². The summed E-state index contributed by atoms with van der Waals surface area (Å²) in [7, 11) is 0. The van der Waals surface area contributed by atoms with E-state index in [1.807, 2.05) is 77.1 Å². The van der Waals surface area contributed by atoms with Gasteiger partial charge in [0.05, 0.1) is 0 Å². The Balaban J connectivity index is 2.50. The SMILES string of the molecule is Cc1ccc(C(=O)C(C)C)cc1-c1cccc(C(=O)C(C)C)c1. The Bertz CT molecular complexity index is 739. The van der Waals surface area contributed by atoms with Crippen LogP contribution >= 0.6 is 0 Å². The highest BCUT2D eigenvalue weighted by atomic mass is 16.1. The van der Waals surface area contributed by atoms with Crippen molar-refractivity contribution < 1.29 is 9.59 Å². The normalized spacial score (nSPS) is 11.1. The molecule has 0 N–H and O–H groups in total. The van der Waals surface area contributed by atoms with E-state index >= 15 is 0 Å². The fraction of sp³-hybridized carbons (Fsp3) is 0.333. The van der Waals surface area contributed by atoms with Gasteiger partial charge in [-0.05, 0) is 35.7 Å². The molecule has 0 saturated carbocycles. The second kappa shape index (κ2) is 6.91. The van der Waals surface area contributed by atoms with Crippen LogP contribution in [0.2, 0.25) is 0 Å². The molecule has 0 saturated heterocycles. The minimum atomic E-state index is -0.0283. The summed E-state index contributed by atoms with van der Waals surface area (Å²) in [6.45, 7) is 9.65. The first-order valence-corrected chi connectivity index (χ1v) is 8.10. The van der Waals surface area contributed by atoms with Gasteiger partial charge in [-0.15, -0.1) is 0 Å². The van der Waals surface area contributed by atoms with Crippen LogP contribution in [0.1, 0.15) is 54.0 Å². The van der Waals surface area contributed by atoms with Gasteiger partial charge in [0.2, 0.25) is 0 Å². The minimum absolute atomic E-state index is 0.0276. The van der Waals surface area contributed by atoms with Crippen molar-refractivity contribution in [2.45, 2.75) is 34.6 Å². The zero-order chi connectivity index (χ0) is 17.1. The average Bonchev–Trinajstić information content (AvgIpc) is 2.53. The van der Waals surface area contributed by atoms with Gasteiger partial charge < -0.3 is 0 Å². The highest BCUT2D eigenvalue weighted by Gasteiger charge is 2.14. The molecule has 23 heavy (non-hydrogen) atoms. The van der Waals surface area contributed by atoms with Crippen molar-refractivity contribution in [1.82, 2.24) is 0 Å². The second-order valence-electron chi connectivity index (χ2n) is 6.65. The molecule has 0 aliphatic heterocycles. The number of hydrogen-bond donors (Lipinski definition) is 0. The summed E-state index contributed by atoms with van der Waals surface area (Å²) >= 11 is 0. The molecule has 2 heteroatoms. The molecule has 0 fully saturated rings. The highest BCUT2D eigenvalue weighted by molar-refractivity contribution is 6.00. The molecule has 0 bridgehead atoms. The summed E-state index contributed by atoms with van der Waals surface area (Å²) in [6.07, 6.45) is 0. The van der Waals surface area contributed by atoms with Gasteiger partial charge in [-0.1, -0.05) is 58.0 Å². The van der Waals surface area contributed by atoms with Crippen molar-refractivity contribution in [2.75, 3.05) is 0 Å². The largest absolute Gasteiger partial charge is 0.294 e. The third-order valence-electron chi connectivity index (χ3n) is 4.03. The Kier molecular flexibility index (Phi) is 5.15. The van der Waals surface area contributed by atoms with E-state index in [-0.39, 0.29) is 23.4 Å². The van der Waals surface area contributed by atoms with Crippen LogP contribution < -0.4 is 0 Å². The first kappa shape index (κ1) is 17.1. The molecule has 2 nitrogen and oxygen atoms in total. The predicted octanol–water partition coefficient (Wildman–Crippen LogP) is 5.34. The van der Waals surface area contributed by atoms with E-state index in [0.29, 0.717) is 0 Å². The zero-order valence-electron chi connectivity index (χ0n) is 14.5. The van der Waals surface area contributed by atoms with Crippen molar-refractivity contribution in [1.29, 1.82) is 0 Å². The van der Waals surface area contributed by atoms with Crippen LogP contribution in [0.25, 0.3) is 11.1 Å². The van der Waals surface area contributed by atoms with Crippen molar-refractivity contribution in [3.63, 3.8) is 0 Å². The standard InChI is InChI=1S/C21H24O2/c1-13(2)20(22)17-8-6-7-16(11-17)19-12-18(10-9-15(19)5)21(23)14(3)4/h6-14H,1-5H3. The van der Waals surface area contributed by atoms with Crippen LogP contribution in [0.5, 0.6) is 0 Å². The summed E-state index contributed by atoms with van der Waals surface area (Å²) < 4.78 is 0. The van der Waals surface area contributed by atoms with Crippen LogP contribution in [0.15, 0.2) is 42.5 Å². The summed E-state index contributed by atoms with van der Waals surface area (Å²) in [5, 5.41) is 0. The maximum atomic E-state index is 12.2. The molecule has 120 valence electrons. The van der Waals surface area contributed by atoms with Gasteiger partial charge in [-0.25, -0.2) is 0 Å². The topological polar surface area (TPSA) is 34.1 Å². The quantitative estimate of drug-likeness (QED) is 0.699. The lowest BCUT2D eigenvalue weighted by atomic mass is 9.92. The fourth-order valence-corrected chi connectivity index (χ4v) is 2.59. The Morgan fingerprint density at radius 2 is 1.35 bits per heavy atom. The fourth-order valence-electron chi connectivity index (χ4n) is 2.59. The number of ketones is 2. The van der Waals surface area contributed by atoms with Crippen LogP contribution in [-0.2, 0) is 0 Å². The van der Waals surface area contributed by atoms with Gasteiger partial charge >= 0.3 is 0 Å². The monoisotopic (exact) mass is 308 g/mol. The number of carbonyl (C=O) groups excluding carboxylic acids is 2. The third-order valence-corrected chi connectivity index (χ3v) is 4.03. The molecule has 2 aromatic carbocycles. The first-order chi connectivity index (χ1) is 10.8. The maximum absolute atomic E-state index is 12.2. The number of Topliss-reactive ketones (excluding diaryl/α,β-unsaturated/α-hetero) is 2. The van der Waals surface area contributed by atoms with Crippen LogP contribution in [0, 0.1) is 18.8 Å². The van der Waals surface area contributed by atoms with Crippen LogP contribution in [0.3, 0.4) is 0 Å². The number of hydrogen-bond acceptors (Lipinski definition) is 2. The van der Waals surface area contributed by atoms with Crippen molar-refractivity contribution in [2.24, 2.45) is 11.8 Å². The zero-order valence-corrected chi connectivity index (χ0v) is 14.5. The van der Waals surface area contributed by atoms with Crippen molar-refractivity contribution in [3.8, 4) is 11.1 Å². The Hall–Kier alpha value is -2.22. The Morgan fingerprint density at radius 3 is 1.91 bits per heavy atom. The van der Waals surface area contributed by atoms with Gasteiger partial charge in [0.25, 0.3) is 0 Å². The number of benzene rings is 2. The first-order valence-electron chi connectivity index (χ1n) is 8.10. The molecule has 0 aliphatic carbocycles. The molecule has 0 atom stereocenters. The van der Waals surface area contributed by atoms with Gasteiger partial charge in [0, 0.05) is 23.0 Å². The lowest BCUT2D eigenvalue weighted by Crippen LogP contribution is -2.08. The van der Waals surface area contributed by atoms with Gasteiger partial charge in [-0.3, -0.25) is 9.59 Å². The lowest BCUT2D eigenvalue weighted by molar-refractivity contribution is 0.0932. The molecule has 0 aromatic heterocycles. The van der Waals surface area contributed by atoms with E-state index in [1.54, 1.807) is 0 Å². The van der Waals surface area contributed by atoms with Crippen molar-refractivity contribution in [3.05, 3.63) is 59.2 Å². The van der Waals surface area contributed by atoms with E-state index in [4.69, 9.17) is 0 Å². The summed E-state index contributed by atoms with van der Waals surface area (Å²) in [5.41, 5.74) is 4.53. The molecule has 0 unspecified atom stereocenters. The molecule has 0 radical (unpaired) electrons. The lowest BCUT2D eigenvalue weighted by Gasteiger charge is -2.12. The molecular formula is C21H24O2. The average molecular weight is 308 g/mol. The van der Waals surface area contributed by atoms with Crippen LogP contribution in [-0.4, -0.2) is 11.6 Å². The van der Waals surface area contributed by atoms with E-state index < -0.39 is 0 Å². The number of aryl methyl sites for hydroxylation is 1. The summed E-state index contributed by atoms with van der Waals surface area (Å²) in [6, 6.07) is 13.5. The van der Waals surface area contributed by atoms with E-state index in [1.165, 1.54) is 0 Å². The molecule has 0 aliphatic rings. The van der Waals surface area contributed by atoms with E-state index in [2.05, 4.69) is 0 Å². The summed E-state index contributed by atoms with van der Waals surface area (Å²) in [5.74, 6) is 0.221. The highest BCUT2D eigenvalue weighted by Crippen LogP contribution is 2.27. The second-order valence-corrected chi connectivity index (χ2v) is 6.65. The number of rotatable bonds is 5. The van der Waals surface area contributed by atoms with Gasteiger partial charge in [-0.2, -0.15) is 0 Å². The minimum Gasteiger partial charge on any atom is -0.294 e. The summed E-state index contributed by atoms with van der Waals surface area (Å²) in [4.78, 5) is 24.5. The molecule has 0 heterocycles. The molecule has 0 amide bonds. The molecule has 2 aromatic rings. The maximum Gasteiger partial charge on any atom is 0.165 e. The Morgan fingerprint density at radius 1 is 0.783 bits per heavy atom. The predicted molar refractivity (Wildman–Crippen MR) is 95.0 cm³/mol. The van der Waals surface area contributed by atoms with Gasteiger partial charge in [0.15, 0.2) is 11.6 Å². The van der Waals surface area contributed by atoms with E-state index in [0.717, 1.165) is 27.8 Å².